The van der Waals surface area contributed by atoms with Crippen molar-refractivity contribution in [3.05, 3.63) is 33.4 Å². The molecular formula is C8H4F6N2O2. The van der Waals surface area contributed by atoms with Crippen LogP contribution in [0.1, 0.15) is 11.1 Å². The molecule has 1 aromatic rings. The van der Waals surface area contributed by atoms with E-state index in [2.05, 4.69) is 0 Å². The lowest BCUT2D eigenvalue weighted by Gasteiger charge is -2.16. The lowest BCUT2D eigenvalue weighted by molar-refractivity contribution is -0.387. The van der Waals surface area contributed by atoms with E-state index < -0.39 is 39.8 Å². The summed E-state index contributed by atoms with van der Waals surface area (Å²) in [6, 6.07) is 0.474. The van der Waals surface area contributed by atoms with Gasteiger partial charge >= 0.3 is 18.0 Å². The lowest BCUT2D eigenvalue weighted by Crippen LogP contribution is -2.19. The molecule has 0 spiro atoms. The molecule has 0 saturated heterocycles. The Balaban J connectivity index is 3.78. The van der Waals surface area contributed by atoms with E-state index in [1.807, 2.05) is 0 Å². The highest BCUT2D eigenvalue weighted by atomic mass is 19.4. The second-order valence-electron chi connectivity index (χ2n) is 3.18. The van der Waals surface area contributed by atoms with Crippen LogP contribution in [-0.4, -0.2) is 4.92 Å². The van der Waals surface area contributed by atoms with Crippen molar-refractivity contribution in [1.29, 1.82) is 0 Å². The second-order valence-corrected chi connectivity index (χ2v) is 3.18. The van der Waals surface area contributed by atoms with E-state index in [-0.39, 0.29) is 6.07 Å². The second kappa shape index (κ2) is 4.03. The zero-order chi connectivity index (χ0) is 14.3. The van der Waals surface area contributed by atoms with Gasteiger partial charge in [-0.05, 0) is 12.1 Å². The average molecular weight is 274 g/mol. The van der Waals surface area contributed by atoms with Crippen molar-refractivity contribution in [2.24, 2.45) is 0 Å². The summed E-state index contributed by atoms with van der Waals surface area (Å²) >= 11 is 0. The van der Waals surface area contributed by atoms with Gasteiger partial charge in [-0.3, -0.25) is 10.1 Å². The number of nitro benzene ring substituents is 1. The maximum atomic E-state index is 12.5. The lowest BCUT2D eigenvalue weighted by atomic mass is 10.0. The molecule has 0 heterocycles. The third-order valence-electron chi connectivity index (χ3n) is 1.98. The fourth-order valence-electron chi connectivity index (χ4n) is 1.33. The van der Waals surface area contributed by atoms with Crippen LogP contribution in [0, 0.1) is 10.1 Å². The normalized spacial score (nSPS) is 12.6. The number of halogens is 6. The molecule has 0 saturated carbocycles. The summed E-state index contributed by atoms with van der Waals surface area (Å²) in [6.07, 6.45) is -10.9. The number of rotatable bonds is 1. The van der Waals surface area contributed by atoms with Crippen LogP contribution in [0.25, 0.3) is 0 Å². The van der Waals surface area contributed by atoms with Gasteiger partial charge in [0.15, 0.2) is 0 Å². The van der Waals surface area contributed by atoms with Crippen LogP contribution >= 0.6 is 0 Å². The van der Waals surface area contributed by atoms with Crippen molar-refractivity contribution in [3.8, 4) is 0 Å². The Morgan fingerprint density at radius 3 is 1.89 bits per heavy atom. The SMILES string of the molecule is Nc1ccc(C(F)(F)F)c(C(F)(F)F)c1[N+](=O)[O-]. The Bertz CT molecular complexity index is 494. The fourth-order valence-corrected chi connectivity index (χ4v) is 1.33. The van der Waals surface area contributed by atoms with Crippen LogP contribution in [0.5, 0.6) is 0 Å². The Kier molecular flexibility index (Phi) is 3.15. The third-order valence-corrected chi connectivity index (χ3v) is 1.98. The molecule has 0 aliphatic carbocycles. The van der Waals surface area contributed by atoms with Crippen molar-refractivity contribution in [2.75, 3.05) is 5.73 Å². The van der Waals surface area contributed by atoms with Crippen LogP contribution in [0.3, 0.4) is 0 Å². The molecule has 18 heavy (non-hydrogen) atoms. The fraction of sp³-hybridized carbons (Fsp3) is 0.250. The Morgan fingerprint density at radius 1 is 1.06 bits per heavy atom. The molecule has 0 atom stereocenters. The molecule has 0 aromatic heterocycles. The van der Waals surface area contributed by atoms with Gasteiger partial charge in [0.1, 0.15) is 11.3 Å². The van der Waals surface area contributed by atoms with Gasteiger partial charge in [0.05, 0.1) is 10.5 Å². The maximum absolute atomic E-state index is 12.5. The highest BCUT2D eigenvalue weighted by Crippen LogP contribution is 2.46. The Morgan fingerprint density at radius 2 is 1.56 bits per heavy atom. The van der Waals surface area contributed by atoms with Gasteiger partial charge in [-0.1, -0.05) is 0 Å². The summed E-state index contributed by atoms with van der Waals surface area (Å²) < 4.78 is 74.7. The molecular weight excluding hydrogens is 270 g/mol. The predicted molar refractivity (Wildman–Crippen MR) is 47.5 cm³/mol. The number of nitrogen functional groups attached to an aromatic ring is 1. The largest absolute Gasteiger partial charge is 0.423 e. The molecule has 0 unspecified atom stereocenters. The van der Waals surface area contributed by atoms with Crippen molar-refractivity contribution in [2.45, 2.75) is 12.4 Å². The van der Waals surface area contributed by atoms with Crippen molar-refractivity contribution in [1.82, 2.24) is 0 Å². The summed E-state index contributed by atoms with van der Waals surface area (Å²) in [5, 5.41) is 10.4. The van der Waals surface area contributed by atoms with Gasteiger partial charge in [0, 0.05) is 0 Å². The maximum Gasteiger partial charge on any atom is 0.423 e. The van der Waals surface area contributed by atoms with Gasteiger partial charge < -0.3 is 5.73 Å². The first kappa shape index (κ1) is 14.1. The monoisotopic (exact) mass is 274 g/mol. The van der Waals surface area contributed by atoms with Crippen LogP contribution in [0.15, 0.2) is 12.1 Å². The first-order valence-electron chi connectivity index (χ1n) is 4.17. The predicted octanol–water partition coefficient (Wildman–Crippen LogP) is 3.21. The molecule has 0 amide bonds. The number of nitrogens with zero attached hydrogens (tertiary/aromatic N) is 1. The van der Waals surface area contributed by atoms with E-state index in [1.165, 1.54) is 0 Å². The van der Waals surface area contributed by atoms with Crippen molar-refractivity contribution < 1.29 is 31.3 Å². The molecule has 2 N–H and O–H groups in total. The van der Waals surface area contributed by atoms with Gasteiger partial charge in [-0.2, -0.15) is 26.3 Å². The van der Waals surface area contributed by atoms with E-state index >= 15 is 0 Å². The molecule has 0 radical (unpaired) electrons. The zero-order valence-electron chi connectivity index (χ0n) is 8.26. The van der Waals surface area contributed by atoms with Crippen molar-refractivity contribution in [3.63, 3.8) is 0 Å². The minimum atomic E-state index is -5.54. The van der Waals surface area contributed by atoms with E-state index in [4.69, 9.17) is 5.73 Å². The molecule has 0 bridgehead atoms. The molecule has 4 nitrogen and oxygen atoms in total. The number of hydrogen-bond acceptors (Lipinski definition) is 3. The van der Waals surface area contributed by atoms with Crippen LogP contribution in [-0.2, 0) is 12.4 Å². The van der Waals surface area contributed by atoms with E-state index in [1.54, 1.807) is 0 Å². The smallest absolute Gasteiger partial charge is 0.393 e. The summed E-state index contributed by atoms with van der Waals surface area (Å²) in [7, 11) is 0. The molecule has 1 rings (SSSR count). The molecule has 0 fully saturated rings. The number of anilines is 1. The quantitative estimate of drug-likeness (QED) is 0.370. The highest BCUT2D eigenvalue weighted by Gasteiger charge is 2.49. The van der Waals surface area contributed by atoms with E-state index in [0.717, 1.165) is 0 Å². The minimum absolute atomic E-state index is 0.0607. The molecule has 10 heteroatoms. The number of benzene rings is 1. The summed E-state index contributed by atoms with van der Waals surface area (Å²) in [5.41, 5.74) is -2.39. The molecule has 100 valence electrons. The summed E-state index contributed by atoms with van der Waals surface area (Å²) in [5.74, 6) is 0. The van der Waals surface area contributed by atoms with Gasteiger partial charge in [0.2, 0.25) is 0 Å². The summed E-state index contributed by atoms with van der Waals surface area (Å²) in [6.45, 7) is 0. The summed E-state index contributed by atoms with van der Waals surface area (Å²) in [4.78, 5) is 8.84. The van der Waals surface area contributed by atoms with Crippen LogP contribution in [0.4, 0.5) is 37.7 Å². The Hall–Kier alpha value is -2.00. The number of alkyl halides is 6. The van der Waals surface area contributed by atoms with Crippen LogP contribution < -0.4 is 5.73 Å². The minimum Gasteiger partial charge on any atom is -0.393 e. The number of nitro groups is 1. The third kappa shape index (κ3) is 2.46. The van der Waals surface area contributed by atoms with E-state index in [9.17, 15) is 36.5 Å². The van der Waals surface area contributed by atoms with Crippen LogP contribution in [0.2, 0.25) is 0 Å². The topological polar surface area (TPSA) is 69.2 Å². The number of hydrogen-bond donors (Lipinski definition) is 1. The highest BCUT2D eigenvalue weighted by molar-refractivity contribution is 5.66. The zero-order valence-corrected chi connectivity index (χ0v) is 8.26. The average Bonchev–Trinajstić information content (AvgIpc) is 2.12. The first-order valence-corrected chi connectivity index (χ1v) is 4.17. The molecule has 0 aliphatic heterocycles. The standard InChI is InChI=1S/C8H4F6N2O2/c9-7(10,11)3-1-2-4(15)6(16(17)18)5(3)8(12,13)14/h1-2H,15H2. The van der Waals surface area contributed by atoms with Gasteiger partial charge in [-0.25, -0.2) is 0 Å². The van der Waals surface area contributed by atoms with E-state index in [0.29, 0.717) is 6.07 Å². The number of nitrogens with two attached hydrogens (primary N) is 1. The Labute approximate surface area is 95.1 Å². The van der Waals surface area contributed by atoms with Gasteiger partial charge in [-0.15, -0.1) is 0 Å². The molecule has 0 aliphatic rings. The van der Waals surface area contributed by atoms with Crippen molar-refractivity contribution >= 4 is 11.4 Å². The molecule has 1 aromatic carbocycles. The van der Waals surface area contributed by atoms with Gasteiger partial charge in [0.25, 0.3) is 0 Å². The first-order chi connectivity index (χ1) is 7.96.